The number of hydrogen-bond donors (Lipinski definition) is 2. The van der Waals surface area contributed by atoms with Gasteiger partial charge in [0.05, 0.1) is 5.60 Å². The lowest BCUT2D eigenvalue weighted by molar-refractivity contribution is 0.0385. The number of benzene rings is 1. The van der Waals surface area contributed by atoms with Gasteiger partial charge >= 0.3 is 0 Å². The zero-order valence-corrected chi connectivity index (χ0v) is 13.9. The molecule has 0 radical (unpaired) electrons. The molecule has 0 heterocycles. The fraction of sp³-hybridized carbons (Fsp3) is 0.667. The lowest BCUT2D eigenvalue weighted by atomic mass is 9.81. The molecule has 0 aromatic heterocycles. The van der Waals surface area contributed by atoms with Crippen LogP contribution in [0.4, 0.5) is 0 Å². The summed E-state index contributed by atoms with van der Waals surface area (Å²) in [6, 6.07) is 11.4. The monoisotopic (exact) mass is 290 g/mol. The number of likely N-dealkylation sites (N-methyl/N-ethyl adjacent to an activating group) is 1. The number of nitrogens with zero attached hydrogens (tertiary/aromatic N) is 1. The molecular weight excluding hydrogens is 260 g/mol. The van der Waals surface area contributed by atoms with E-state index in [1.165, 1.54) is 18.4 Å². The third-order valence-electron chi connectivity index (χ3n) is 4.10. The van der Waals surface area contributed by atoms with Crippen LogP contribution >= 0.6 is 0 Å². The van der Waals surface area contributed by atoms with Crippen LogP contribution in [0.2, 0.25) is 0 Å². The largest absolute Gasteiger partial charge is 0.389 e. The predicted octanol–water partition coefficient (Wildman–Crippen LogP) is 2.40. The summed E-state index contributed by atoms with van der Waals surface area (Å²) in [6.45, 7) is 8.65. The highest BCUT2D eigenvalue weighted by Crippen LogP contribution is 2.27. The summed E-state index contributed by atoms with van der Waals surface area (Å²) >= 11 is 0. The molecule has 3 heteroatoms. The molecule has 0 amide bonds. The predicted molar refractivity (Wildman–Crippen MR) is 88.6 cm³/mol. The van der Waals surface area contributed by atoms with Gasteiger partial charge in [0, 0.05) is 31.1 Å². The Morgan fingerprint density at radius 1 is 1.14 bits per heavy atom. The second-order valence-electron chi connectivity index (χ2n) is 7.57. The van der Waals surface area contributed by atoms with Gasteiger partial charge in [0.2, 0.25) is 0 Å². The van der Waals surface area contributed by atoms with E-state index in [1.54, 1.807) is 0 Å². The van der Waals surface area contributed by atoms with Crippen molar-refractivity contribution in [3.8, 4) is 0 Å². The topological polar surface area (TPSA) is 35.5 Å². The Morgan fingerprint density at radius 2 is 1.76 bits per heavy atom. The molecule has 1 saturated carbocycles. The van der Waals surface area contributed by atoms with Crippen molar-refractivity contribution in [1.82, 2.24) is 10.2 Å². The third kappa shape index (κ3) is 5.42. The van der Waals surface area contributed by atoms with E-state index in [1.807, 2.05) is 13.8 Å². The van der Waals surface area contributed by atoms with E-state index in [9.17, 15) is 5.11 Å². The van der Waals surface area contributed by atoms with Gasteiger partial charge in [0.25, 0.3) is 0 Å². The normalized spacial score (nSPS) is 18.8. The second-order valence-corrected chi connectivity index (χ2v) is 7.57. The van der Waals surface area contributed by atoms with Crippen molar-refractivity contribution in [1.29, 1.82) is 0 Å². The third-order valence-corrected chi connectivity index (χ3v) is 4.10. The van der Waals surface area contributed by atoms with Gasteiger partial charge in [-0.15, -0.1) is 0 Å². The molecule has 21 heavy (non-hydrogen) atoms. The van der Waals surface area contributed by atoms with Crippen LogP contribution in [0.25, 0.3) is 0 Å². The molecule has 1 unspecified atom stereocenters. The van der Waals surface area contributed by atoms with E-state index in [-0.39, 0.29) is 5.41 Å². The maximum absolute atomic E-state index is 10.0. The smallest absolute Gasteiger partial charge is 0.0718 e. The molecular formula is C18H30N2O. The highest BCUT2D eigenvalue weighted by molar-refractivity contribution is 5.26. The first-order chi connectivity index (χ1) is 9.78. The molecule has 0 saturated heterocycles. The molecule has 1 fully saturated rings. The molecule has 1 aromatic rings. The van der Waals surface area contributed by atoms with Crippen LogP contribution < -0.4 is 5.32 Å². The van der Waals surface area contributed by atoms with Crippen molar-refractivity contribution in [2.24, 2.45) is 0 Å². The van der Waals surface area contributed by atoms with Gasteiger partial charge in [-0.25, -0.2) is 0 Å². The number of aliphatic hydroxyl groups is 1. The van der Waals surface area contributed by atoms with Crippen LogP contribution in [0, 0.1) is 0 Å². The van der Waals surface area contributed by atoms with E-state index < -0.39 is 5.60 Å². The highest BCUT2D eigenvalue weighted by Gasteiger charge is 2.32. The maximum Gasteiger partial charge on any atom is 0.0718 e. The Morgan fingerprint density at radius 3 is 2.29 bits per heavy atom. The van der Waals surface area contributed by atoms with Crippen LogP contribution in [-0.4, -0.2) is 48.3 Å². The number of hydrogen-bond acceptors (Lipinski definition) is 3. The Balaban J connectivity index is 2.07. The van der Waals surface area contributed by atoms with Crippen LogP contribution in [0.5, 0.6) is 0 Å². The summed E-state index contributed by atoms with van der Waals surface area (Å²) in [5.74, 6) is 0. The number of rotatable bonds is 8. The maximum atomic E-state index is 10.0. The molecule has 118 valence electrons. The van der Waals surface area contributed by atoms with Crippen LogP contribution in [0.15, 0.2) is 30.3 Å². The van der Waals surface area contributed by atoms with E-state index in [0.717, 1.165) is 13.1 Å². The van der Waals surface area contributed by atoms with E-state index in [2.05, 4.69) is 54.5 Å². The number of nitrogens with one attached hydrogen (secondary N) is 1. The molecule has 1 aliphatic rings. The lowest BCUT2D eigenvalue weighted by Gasteiger charge is -2.37. The minimum atomic E-state index is -0.656. The summed E-state index contributed by atoms with van der Waals surface area (Å²) in [4.78, 5) is 2.24. The minimum absolute atomic E-state index is 0.0594. The van der Waals surface area contributed by atoms with Crippen molar-refractivity contribution >= 4 is 0 Å². The van der Waals surface area contributed by atoms with E-state index in [4.69, 9.17) is 0 Å². The minimum Gasteiger partial charge on any atom is -0.389 e. The Bertz CT molecular complexity index is 436. The molecule has 2 N–H and O–H groups in total. The molecule has 0 aliphatic heterocycles. The Labute approximate surface area is 129 Å². The van der Waals surface area contributed by atoms with E-state index >= 15 is 0 Å². The molecule has 3 nitrogen and oxygen atoms in total. The molecule has 1 aliphatic carbocycles. The van der Waals surface area contributed by atoms with Crippen molar-refractivity contribution in [3.63, 3.8) is 0 Å². The summed E-state index contributed by atoms with van der Waals surface area (Å²) in [7, 11) is 2.09. The quantitative estimate of drug-likeness (QED) is 0.772. The average Bonchev–Trinajstić information content (AvgIpc) is 3.19. The molecule has 0 spiro atoms. The molecule has 0 bridgehead atoms. The van der Waals surface area contributed by atoms with Crippen LogP contribution in [0.1, 0.15) is 39.2 Å². The molecule has 2 rings (SSSR count). The van der Waals surface area contributed by atoms with Gasteiger partial charge in [0.15, 0.2) is 0 Å². The Kier molecular flexibility index (Phi) is 5.07. The highest BCUT2D eigenvalue weighted by atomic mass is 16.3. The second kappa shape index (κ2) is 6.47. The summed E-state index contributed by atoms with van der Waals surface area (Å²) in [5, 5.41) is 13.7. The van der Waals surface area contributed by atoms with Gasteiger partial charge in [-0.1, -0.05) is 37.3 Å². The zero-order valence-electron chi connectivity index (χ0n) is 13.9. The van der Waals surface area contributed by atoms with Gasteiger partial charge in [-0.05, 0) is 39.3 Å². The summed E-state index contributed by atoms with van der Waals surface area (Å²) in [5.41, 5.74) is 0.765. The first-order valence-corrected chi connectivity index (χ1v) is 7.98. The van der Waals surface area contributed by atoms with Crippen molar-refractivity contribution < 1.29 is 5.11 Å². The van der Waals surface area contributed by atoms with E-state index in [0.29, 0.717) is 12.6 Å². The van der Waals surface area contributed by atoms with Crippen molar-refractivity contribution in [3.05, 3.63) is 35.9 Å². The zero-order chi connectivity index (χ0) is 15.5. The van der Waals surface area contributed by atoms with Crippen LogP contribution in [-0.2, 0) is 5.41 Å². The first kappa shape index (κ1) is 16.5. The van der Waals surface area contributed by atoms with Gasteiger partial charge < -0.3 is 15.3 Å². The van der Waals surface area contributed by atoms with Gasteiger partial charge in [-0.3, -0.25) is 0 Å². The van der Waals surface area contributed by atoms with Crippen LogP contribution in [0.3, 0.4) is 0 Å². The first-order valence-electron chi connectivity index (χ1n) is 7.98. The fourth-order valence-electron chi connectivity index (χ4n) is 3.06. The van der Waals surface area contributed by atoms with Gasteiger partial charge in [-0.2, -0.15) is 0 Å². The van der Waals surface area contributed by atoms with Crippen molar-refractivity contribution in [2.45, 2.75) is 50.7 Å². The molecule has 1 aromatic carbocycles. The fourth-order valence-corrected chi connectivity index (χ4v) is 3.06. The Hall–Kier alpha value is -0.900. The van der Waals surface area contributed by atoms with Crippen molar-refractivity contribution in [2.75, 3.05) is 26.7 Å². The summed E-state index contributed by atoms with van der Waals surface area (Å²) in [6.07, 6.45) is 2.62. The van der Waals surface area contributed by atoms with Gasteiger partial charge in [0.1, 0.15) is 0 Å². The average molecular weight is 290 g/mol. The standard InChI is InChI=1S/C18H30N2O/c1-17(2,21)13-20(4)14-18(3,12-19-16-10-11-16)15-8-6-5-7-9-15/h5-9,16,19,21H,10-14H2,1-4H3. The lowest BCUT2D eigenvalue weighted by Crippen LogP contribution is -2.48. The summed E-state index contributed by atoms with van der Waals surface area (Å²) < 4.78 is 0. The molecule has 1 atom stereocenters. The SMILES string of the molecule is CN(CC(C)(C)O)CC(C)(CNC1CC1)c1ccccc1.